The molecular weight excluding hydrogens is 246 g/mol. The molecule has 5 heteroatoms. The zero-order chi connectivity index (χ0) is 14.6. The van der Waals surface area contributed by atoms with Gasteiger partial charge in [-0.25, -0.2) is 0 Å². The van der Waals surface area contributed by atoms with Gasteiger partial charge in [-0.3, -0.25) is 10.1 Å². The van der Waals surface area contributed by atoms with Crippen LogP contribution in [0.2, 0.25) is 0 Å². The number of ether oxygens (including phenoxy) is 1. The molecule has 0 heterocycles. The van der Waals surface area contributed by atoms with Crippen LogP contribution in [0.1, 0.15) is 37.8 Å². The molecule has 0 amide bonds. The van der Waals surface area contributed by atoms with Crippen molar-refractivity contribution in [1.29, 1.82) is 0 Å². The second-order valence-electron chi connectivity index (χ2n) is 4.88. The summed E-state index contributed by atoms with van der Waals surface area (Å²) in [4.78, 5) is 10.4. The Balaban J connectivity index is 2.92. The maximum absolute atomic E-state index is 10.8. The molecule has 0 spiro atoms. The predicted molar refractivity (Wildman–Crippen MR) is 73.6 cm³/mol. The van der Waals surface area contributed by atoms with Gasteiger partial charge in [-0.05, 0) is 38.3 Å². The highest BCUT2D eigenvalue weighted by molar-refractivity contribution is 5.49. The van der Waals surface area contributed by atoms with E-state index in [0.29, 0.717) is 29.7 Å². The highest BCUT2D eigenvalue weighted by Crippen LogP contribution is 2.28. The third-order valence-corrected chi connectivity index (χ3v) is 3.50. The zero-order valence-electron chi connectivity index (χ0n) is 11.9. The van der Waals surface area contributed by atoms with E-state index in [0.717, 1.165) is 0 Å². The Bertz CT molecular complexity index is 467. The highest BCUT2D eigenvalue weighted by Gasteiger charge is 2.24. The lowest BCUT2D eigenvalue weighted by Gasteiger charge is -2.25. The first-order valence-electron chi connectivity index (χ1n) is 6.43. The topological polar surface area (TPSA) is 72.6 Å². The molecular formula is C14H21NO4. The van der Waals surface area contributed by atoms with Crippen molar-refractivity contribution in [2.45, 2.75) is 46.1 Å². The molecule has 5 nitrogen and oxygen atoms in total. The highest BCUT2D eigenvalue weighted by atomic mass is 16.6. The van der Waals surface area contributed by atoms with E-state index in [4.69, 9.17) is 4.74 Å². The number of aryl methyl sites for hydroxylation is 2. The normalized spacial score (nSPS) is 11.4. The van der Waals surface area contributed by atoms with Gasteiger partial charge >= 0.3 is 0 Å². The summed E-state index contributed by atoms with van der Waals surface area (Å²) in [5.74, 6) is 0.587. The van der Waals surface area contributed by atoms with Crippen LogP contribution in [0.15, 0.2) is 12.1 Å². The van der Waals surface area contributed by atoms with E-state index >= 15 is 0 Å². The minimum Gasteiger partial charge on any atom is -0.490 e. The fraction of sp³-hybridized carbons (Fsp3) is 0.571. The molecule has 0 atom stereocenters. The summed E-state index contributed by atoms with van der Waals surface area (Å²) in [6.07, 6.45) is 1.21. The molecule has 106 valence electrons. The second-order valence-corrected chi connectivity index (χ2v) is 4.88. The average molecular weight is 267 g/mol. The predicted octanol–water partition coefficient (Wildman–Crippen LogP) is 3.14. The van der Waals surface area contributed by atoms with Gasteiger partial charge in [0, 0.05) is 11.6 Å². The van der Waals surface area contributed by atoms with Crippen LogP contribution in [0.3, 0.4) is 0 Å². The smallest absolute Gasteiger partial charge is 0.272 e. The third-order valence-electron chi connectivity index (χ3n) is 3.50. The first-order chi connectivity index (χ1) is 8.83. The maximum atomic E-state index is 10.8. The van der Waals surface area contributed by atoms with Gasteiger partial charge in [0.1, 0.15) is 12.4 Å². The number of benzene rings is 1. The molecule has 0 saturated heterocycles. The summed E-state index contributed by atoms with van der Waals surface area (Å²) in [6.45, 7) is 7.44. The standard InChI is InChI=1S/C14H21NO4/c1-5-14(16,6-2)9-19-13-8-10(3)12(15(17)18)7-11(13)4/h7-8,16H,5-6,9H2,1-4H3. The van der Waals surface area contributed by atoms with Crippen molar-refractivity contribution in [3.8, 4) is 5.75 Å². The van der Waals surface area contributed by atoms with Gasteiger partial charge in [0.15, 0.2) is 0 Å². The molecule has 0 aliphatic rings. The van der Waals surface area contributed by atoms with E-state index in [1.165, 1.54) is 6.07 Å². The maximum Gasteiger partial charge on any atom is 0.272 e. The molecule has 0 aliphatic heterocycles. The van der Waals surface area contributed by atoms with E-state index < -0.39 is 10.5 Å². The molecule has 0 aromatic heterocycles. The lowest BCUT2D eigenvalue weighted by Crippen LogP contribution is -2.34. The Labute approximate surface area is 113 Å². The van der Waals surface area contributed by atoms with Crippen LogP contribution in [0, 0.1) is 24.0 Å². The number of nitro benzene ring substituents is 1. The fourth-order valence-electron chi connectivity index (χ4n) is 1.79. The summed E-state index contributed by atoms with van der Waals surface area (Å²) in [7, 11) is 0. The number of nitro groups is 1. The Morgan fingerprint density at radius 1 is 1.26 bits per heavy atom. The van der Waals surface area contributed by atoms with Crippen molar-refractivity contribution < 1.29 is 14.8 Å². The number of hydrogen-bond acceptors (Lipinski definition) is 4. The zero-order valence-corrected chi connectivity index (χ0v) is 11.9. The van der Waals surface area contributed by atoms with Crippen molar-refractivity contribution >= 4 is 5.69 Å². The first kappa shape index (κ1) is 15.4. The SMILES string of the molecule is CCC(O)(CC)COc1cc(C)c([N+](=O)[O-])cc1C. The van der Waals surface area contributed by atoms with E-state index in [-0.39, 0.29) is 12.3 Å². The Hall–Kier alpha value is -1.62. The van der Waals surface area contributed by atoms with Gasteiger partial charge < -0.3 is 9.84 Å². The van der Waals surface area contributed by atoms with Gasteiger partial charge in [0.25, 0.3) is 5.69 Å². The quantitative estimate of drug-likeness (QED) is 0.634. The van der Waals surface area contributed by atoms with E-state index in [1.807, 2.05) is 13.8 Å². The number of aliphatic hydroxyl groups is 1. The fourth-order valence-corrected chi connectivity index (χ4v) is 1.79. The van der Waals surface area contributed by atoms with E-state index in [1.54, 1.807) is 19.9 Å². The van der Waals surface area contributed by atoms with Gasteiger partial charge in [0.05, 0.1) is 10.5 Å². The van der Waals surface area contributed by atoms with Crippen molar-refractivity contribution in [3.05, 3.63) is 33.4 Å². The van der Waals surface area contributed by atoms with Crippen LogP contribution in [-0.2, 0) is 0 Å². The van der Waals surface area contributed by atoms with Crippen molar-refractivity contribution in [2.75, 3.05) is 6.61 Å². The minimum absolute atomic E-state index is 0.0890. The van der Waals surface area contributed by atoms with Crippen LogP contribution >= 0.6 is 0 Å². The number of rotatable bonds is 6. The average Bonchev–Trinajstić information content (AvgIpc) is 2.38. The van der Waals surface area contributed by atoms with Crippen molar-refractivity contribution in [1.82, 2.24) is 0 Å². The second kappa shape index (κ2) is 6.02. The third kappa shape index (κ3) is 3.67. The summed E-state index contributed by atoms with van der Waals surface area (Å²) in [5, 5.41) is 21.0. The van der Waals surface area contributed by atoms with Crippen LogP contribution in [0.5, 0.6) is 5.75 Å². The summed E-state index contributed by atoms with van der Waals surface area (Å²) < 4.78 is 5.63. The molecule has 19 heavy (non-hydrogen) atoms. The summed E-state index contributed by atoms with van der Waals surface area (Å²) >= 11 is 0. The Morgan fingerprint density at radius 2 is 1.84 bits per heavy atom. The molecule has 1 aromatic rings. The van der Waals surface area contributed by atoms with Gasteiger partial charge in [-0.15, -0.1) is 0 Å². The molecule has 0 saturated carbocycles. The first-order valence-corrected chi connectivity index (χ1v) is 6.43. The van der Waals surface area contributed by atoms with Crippen LogP contribution in [-0.4, -0.2) is 22.2 Å². The molecule has 0 aliphatic carbocycles. The molecule has 0 unspecified atom stereocenters. The molecule has 1 N–H and O–H groups in total. The van der Waals surface area contributed by atoms with Crippen molar-refractivity contribution in [3.63, 3.8) is 0 Å². The van der Waals surface area contributed by atoms with Crippen LogP contribution in [0.4, 0.5) is 5.69 Å². The lowest BCUT2D eigenvalue weighted by atomic mass is 9.99. The largest absolute Gasteiger partial charge is 0.490 e. The molecule has 1 rings (SSSR count). The minimum atomic E-state index is -0.845. The van der Waals surface area contributed by atoms with Crippen molar-refractivity contribution in [2.24, 2.45) is 0 Å². The molecule has 1 aromatic carbocycles. The van der Waals surface area contributed by atoms with Crippen LogP contribution < -0.4 is 4.74 Å². The van der Waals surface area contributed by atoms with E-state index in [9.17, 15) is 15.2 Å². The Kier molecular flexibility index (Phi) is 4.89. The van der Waals surface area contributed by atoms with Gasteiger partial charge in [0.2, 0.25) is 0 Å². The lowest BCUT2D eigenvalue weighted by molar-refractivity contribution is -0.385. The molecule has 0 bridgehead atoms. The van der Waals surface area contributed by atoms with Crippen LogP contribution in [0.25, 0.3) is 0 Å². The summed E-state index contributed by atoms with van der Waals surface area (Å²) in [6, 6.07) is 3.15. The number of nitrogens with zero attached hydrogens (tertiary/aromatic N) is 1. The number of hydrogen-bond donors (Lipinski definition) is 1. The van der Waals surface area contributed by atoms with E-state index in [2.05, 4.69) is 0 Å². The monoisotopic (exact) mass is 267 g/mol. The Morgan fingerprint density at radius 3 is 2.32 bits per heavy atom. The summed E-state index contributed by atoms with van der Waals surface area (Å²) in [5.41, 5.74) is 0.502. The molecule has 0 radical (unpaired) electrons. The van der Waals surface area contributed by atoms with Gasteiger partial charge in [-0.1, -0.05) is 13.8 Å². The van der Waals surface area contributed by atoms with Gasteiger partial charge in [-0.2, -0.15) is 0 Å². The molecule has 0 fully saturated rings.